The van der Waals surface area contributed by atoms with Crippen molar-refractivity contribution in [1.82, 2.24) is 10.2 Å². The minimum absolute atomic E-state index is 0.527. The molecule has 1 aromatic heterocycles. The lowest BCUT2D eigenvalue weighted by Gasteiger charge is -2.08. The summed E-state index contributed by atoms with van der Waals surface area (Å²) in [6.45, 7) is 0.527. The second-order valence-corrected chi connectivity index (χ2v) is 5.54. The van der Waals surface area contributed by atoms with Crippen molar-refractivity contribution in [3.63, 3.8) is 0 Å². The highest BCUT2D eigenvalue weighted by atomic mass is 127. The number of benzene rings is 2. The van der Waals surface area contributed by atoms with E-state index in [1.54, 1.807) is 13.3 Å². The Hall–Kier alpha value is -1.76. The Kier molecular flexibility index (Phi) is 3.77. The quantitative estimate of drug-likeness (QED) is 0.702. The van der Waals surface area contributed by atoms with Gasteiger partial charge in [0.2, 0.25) is 0 Å². The number of hydrogen-bond acceptors (Lipinski definition) is 3. The molecule has 0 bridgehead atoms. The molecular formula is C15H13IN2O2. The zero-order valence-corrected chi connectivity index (χ0v) is 13.0. The van der Waals surface area contributed by atoms with E-state index in [1.165, 1.54) is 0 Å². The smallest absolute Gasteiger partial charge is 0.132 e. The third-order valence-corrected chi connectivity index (χ3v) is 3.88. The van der Waals surface area contributed by atoms with E-state index in [1.807, 2.05) is 30.3 Å². The molecule has 0 aliphatic heterocycles. The molecular weight excluding hydrogens is 367 g/mol. The van der Waals surface area contributed by atoms with Crippen LogP contribution in [0.2, 0.25) is 0 Å². The second kappa shape index (κ2) is 5.70. The van der Waals surface area contributed by atoms with Gasteiger partial charge in [0.25, 0.3) is 0 Å². The molecule has 102 valence electrons. The second-order valence-electron chi connectivity index (χ2n) is 4.38. The fourth-order valence-electron chi connectivity index (χ4n) is 1.97. The highest BCUT2D eigenvalue weighted by Crippen LogP contribution is 2.23. The summed E-state index contributed by atoms with van der Waals surface area (Å²) in [4.78, 5) is 0. The van der Waals surface area contributed by atoms with Crippen LogP contribution in [0.4, 0.5) is 0 Å². The molecule has 0 radical (unpaired) electrons. The molecule has 0 amide bonds. The Morgan fingerprint density at radius 3 is 2.90 bits per heavy atom. The van der Waals surface area contributed by atoms with Crippen molar-refractivity contribution in [3.05, 3.63) is 51.7 Å². The Balaban J connectivity index is 1.73. The van der Waals surface area contributed by atoms with E-state index in [4.69, 9.17) is 9.47 Å². The van der Waals surface area contributed by atoms with Gasteiger partial charge in [0.15, 0.2) is 0 Å². The Labute approximate surface area is 130 Å². The van der Waals surface area contributed by atoms with Crippen molar-refractivity contribution in [2.75, 3.05) is 7.11 Å². The fourth-order valence-corrected chi connectivity index (χ4v) is 2.77. The first kappa shape index (κ1) is 13.2. The van der Waals surface area contributed by atoms with Gasteiger partial charge >= 0.3 is 0 Å². The lowest BCUT2D eigenvalue weighted by atomic mass is 10.2. The van der Waals surface area contributed by atoms with Crippen LogP contribution in [-0.4, -0.2) is 17.3 Å². The van der Waals surface area contributed by atoms with Gasteiger partial charge in [-0.05, 0) is 52.4 Å². The van der Waals surface area contributed by atoms with Crippen molar-refractivity contribution in [3.8, 4) is 11.5 Å². The third-order valence-electron chi connectivity index (χ3n) is 3.04. The van der Waals surface area contributed by atoms with E-state index in [2.05, 4.69) is 38.9 Å². The summed E-state index contributed by atoms with van der Waals surface area (Å²) < 4.78 is 12.1. The summed E-state index contributed by atoms with van der Waals surface area (Å²) in [5.74, 6) is 1.71. The predicted molar refractivity (Wildman–Crippen MR) is 86.1 cm³/mol. The fraction of sp³-hybridized carbons (Fsp3) is 0.133. The first-order valence-corrected chi connectivity index (χ1v) is 7.22. The maximum atomic E-state index is 5.81. The largest absolute Gasteiger partial charge is 0.496 e. The number of hydrogen-bond donors (Lipinski definition) is 1. The number of H-pyrrole nitrogens is 1. The first-order chi connectivity index (χ1) is 9.76. The molecule has 0 aliphatic rings. The van der Waals surface area contributed by atoms with Crippen LogP contribution in [-0.2, 0) is 6.61 Å². The van der Waals surface area contributed by atoms with Crippen LogP contribution in [0, 0.1) is 3.57 Å². The molecule has 5 heteroatoms. The monoisotopic (exact) mass is 380 g/mol. The Bertz CT molecular complexity index is 740. The molecule has 0 aliphatic carbocycles. The summed E-state index contributed by atoms with van der Waals surface area (Å²) in [5.41, 5.74) is 2.09. The van der Waals surface area contributed by atoms with Gasteiger partial charge in [-0.3, -0.25) is 5.10 Å². The van der Waals surface area contributed by atoms with Crippen molar-refractivity contribution < 1.29 is 9.47 Å². The summed E-state index contributed by atoms with van der Waals surface area (Å²) in [6.07, 6.45) is 1.80. The number of aromatic nitrogens is 2. The van der Waals surface area contributed by atoms with Crippen molar-refractivity contribution >= 4 is 33.5 Å². The number of nitrogens with zero attached hydrogens (tertiary/aromatic N) is 1. The highest BCUT2D eigenvalue weighted by Gasteiger charge is 2.03. The number of ether oxygens (including phenoxy) is 2. The molecule has 1 heterocycles. The molecule has 0 saturated heterocycles. The van der Waals surface area contributed by atoms with E-state index in [9.17, 15) is 0 Å². The van der Waals surface area contributed by atoms with Crippen LogP contribution in [0.15, 0.2) is 42.6 Å². The van der Waals surface area contributed by atoms with Gasteiger partial charge in [0, 0.05) is 11.5 Å². The van der Waals surface area contributed by atoms with E-state index >= 15 is 0 Å². The number of rotatable bonds is 4. The molecule has 0 unspecified atom stereocenters. The van der Waals surface area contributed by atoms with Gasteiger partial charge < -0.3 is 9.47 Å². The van der Waals surface area contributed by atoms with E-state index in [-0.39, 0.29) is 0 Å². The van der Waals surface area contributed by atoms with Gasteiger partial charge in [-0.15, -0.1) is 0 Å². The Morgan fingerprint density at radius 1 is 1.20 bits per heavy atom. The van der Waals surface area contributed by atoms with Gasteiger partial charge in [-0.1, -0.05) is 6.07 Å². The summed E-state index contributed by atoms with van der Waals surface area (Å²) in [7, 11) is 1.67. The molecule has 4 nitrogen and oxygen atoms in total. The average Bonchev–Trinajstić information content (AvgIpc) is 2.92. The molecule has 0 saturated carbocycles. The number of methoxy groups -OCH3 is 1. The lowest BCUT2D eigenvalue weighted by Crippen LogP contribution is -1.97. The van der Waals surface area contributed by atoms with Gasteiger partial charge in [0.05, 0.1) is 22.4 Å². The number of fused-ring (bicyclic) bond motifs is 1. The normalized spacial score (nSPS) is 10.7. The predicted octanol–water partition coefficient (Wildman–Crippen LogP) is 3.76. The molecule has 2 aromatic carbocycles. The number of halogens is 1. The summed E-state index contributed by atoms with van der Waals surface area (Å²) in [5, 5.41) is 8.01. The first-order valence-electron chi connectivity index (χ1n) is 6.14. The molecule has 0 fully saturated rings. The van der Waals surface area contributed by atoms with Crippen LogP contribution >= 0.6 is 22.6 Å². The zero-order chi connectivity index (χ0) is 13.9. The van der Waals surface area contributed by atoms with E-state index in [0.717, 1.165) is 31.5 Å². The Morgan fingerprint density at radius 2 is 2.10 bits per heavy atom. The van der Waals surface area contributed by atoms with E-state index in [0.29, 0.717) is 6.61 Å². The van der Waals surface area contributed by atoms with Crippen LogP contribution in [0.25, 0.3) is 10.9 Å². The summed E-state index contributed by atoms with van der Waals surface area (Å²) in [6, 6.07) is 11.9. The molecule has 3 rings (SSSR count). The van der Waals surface area contributed by atoms with Crippen LogP contribution < -0.4 is 9.47 Å². The minimum Gasteiger partial charge on any atom is -0.496 e. The van der Waals surface area contributed by atoms with Crippen LogP contribution in [0.3, 0.4) is 0 Å². The third kappa shape index (κ3) is 2.72. The average molecular weight is 380 g/mol. The minimum atomic E-state index is 0.527. The number of aromatic amines is 1. The van der Waals surface area contributed by atoms with Crippen molar-refractivity contribution in [1.29, 1.82) is 0 Å². The summed E-state index contributed by atoms with van der Waals surface area (Å²) >= 11 is 2.26. The lowest BCUT2D eigenvalue weighted by molar-refractivity contribution is 0.306. The van der Waals surface area contributed by atoms with Gasteiger partial charge in [0.1, 0.15) is 18.1 Å². The zero-order valence-electron chi connectivity index (χ0n) is 10.9. The molecule has 1 N–H and O–H groups in total. The number of nitrogens with one attached hydrogen (secondary N) is 1. The molecule has 0 atom stereocenters. The molecule has 20 heavy (non-hydrogen) atoms. The highest BCUT2D eigenvalue weighted by molar-refractivity contribution is 14.1. The topological polar surface area (TPSA) is 47.1 Å². The van der Waals surface area contributed by atoms with Crippen molar-refractivity contribution in [2.45, 2.75) is 6.61 Å². The van der Waals surface area contributed by atoms with Gasteiger partial charge in [-0.2, -0.15) is 5.10 Å². The van der Waals surface area contributed by atoms with E-state index < -0.39 is 0 Å². The SMILES string of the molecule is COc1ccc(COc2ccc3cn[nH]c3c2)cc1I. The molecule has 0 spiro atoms. The van der Waals surface area contributed by atoms with Crippen molar-refractivity contribution in [2.24, 2.45) is 0 Å². The van der Waals surface area contributed by atoms with Crippen LogP contribution in [0.1, 0.15) is 5.56 Å². The molecule has 3 aromatic rings. The maximum Gasteiger partial charge on any atom is 0.132 e. The van der Waals surface area contributed by atoms with Gasteiger partial charge in [-0.25, -0.2) is 0 Å². The van der Waals surface area contributed by atoms with Crippen LogP contribution in [0.5, 0.6) is 11.5 Å². The maximum absolute atomic E-state index is 5.81. The standard InChI is InChI=1S/C15H13IN2O2/c1-19-15-5-2-10(6-13(15)16)9-20-12-4-3-11-8-17-18-14(11)7-12/h2-8H,9H2,1H3,(H,17,18).